The standard InChI is InChI=1S/C19H17N3O/c1-19-17-13(12-6-2-4-8-15(12)20-17)10-11-22(19)18(23)14-7-3-5-9-16(14)21-19/h2-9,20-21H,10-11H2,1H3. The second-order valence-electron chi connectivity index (χ2n) is 6.47. The number of rotatable bonds is 0. The van der Waals surface area contributed by atoms with Crippen LogP contribution in [0.4, 0.5) is 5.69 Å². The van der Waals surface area contributed by atoms with Gasteiger partial charge in [0, 0.05) is 23.1 Å². The van der Waals surface area contributed by atoms with E-state index in [2.05, 4.69) is 35.4 Å². The maximum absolute atomic E-state index is 13.0. The third kappa shape index (κ3) is 1.53. The number of fused-ring (bicyclic) bond motifs is 6. The van der Waals surface area contributed by atoms with Gasteiger partial charge in [-0.25, -0.2) is 0 Å². The lowest BCUT2D eigenvalue weighted by Crippen LogP contribution is -2.58. The van der Waals surface area contributed by atoms with Gasteiger partial charge in [-0.05, 0) is 37.1 Å². The highest BCUT2D eigenvalue weighted by Crippen LogP contribution is 2.43. The zero-order chi connectivity index (χ0) is 15.6. The molecule has 0 saturated heterocycles. The summed E-state index contributed by atoms with van der Waals surface area (Å²) in [6.07, 6.45) is 0.879. The molecule has 0 saturated carbocycles. The number of aromatic nitrogens is 1. The van der Waals surface area contributed by atoms with Crippen molar-refractivity contribution in [3.8, 4) is 0 Å². The van der Waals surface area contributed by atoms with E-state index >= 15 is 0 Å². The number of anilines is 1. The Balaban J connectivity index is 1.77. The number of amides is 1. The highest BCUT2D eigenvalue weighted by atomic mass is 16.2. The van der Waals surface area contributed by atoms with Crippen molar-refractivity contribution >= 4 is 22.5 Å². The highest BCUT2D eigenvalue weighted by molar-refractivity contribution is 6.02. The molecule has 1 atom stereocenters. The summed E-state index contributed by atoms with van der Waals surface area (Å²) in [4.78, 5) is 18.5. The number of nitrogens with zero attached hydrogens (tertiary/aromatic N) is 1. The molecule has 114 valence electrons. The van der Waals surface area contributed by atoms with Gasteiger partial charge in [0.2, 0.25) is 0 Å². The molecule has 3 aromatic rings. The van der Waals surface area contributed by atoms with Gasteiger partial charge >= 0.3 is 0 Å². The number of aromatic amines is 1. The molecule has 0 aliphatic carbocycles. The zero-order valence-electron chi connectivity index (χ0n) is 12.9. The number of para-hydroxylation sites is 2. The molecule has 2 aliphatic rings. The number of carbonyl (C=O) groups is 1. The Labute approximate surface area is 134 Å². The Morgan fingerprint density at radius 2 is 1.87 bits per heavy atom. The first-order chi connectivity index (χ1) is 11.2. The summed E-state index contributed by atoms with van der Waals surface area (Å²) in [5.74, 6) is 0.103. The van der Waals surface area contributed by atoms with Crippen LogP contribution in [-0.4, -0.2) is 22.3 Å². The van der Waals surface area contributed by atoms with Gasteiger partial charge in [0.1, 0.15) is 0 Å². The monoisotopic (exact) mass is 303 g/mol. The normalized spacial score (nSPS) is 22.3. The molecule has 3 heterocycles. The smallest absolute Gasteiger partial charge is 0.258 e. The summed E-state index contributed by atoms with van der Waals surface area (Å²) in [6.45, 7) is 2.82. The molecule has 0 fully saturated rings. The molecule has 0 bridgehead atoms. The molecule has 1 aromatic heterocycles. The van der Waals surface area contributed by atoms with Crippen LogP contribution in [-0.2, 0) is 12.1 Å². The number of carbonyl (C=O) groups excluding carboxylic acids is 1. The molecular formula is C19H17N3O. The summed E-state index contributed by atoms with van der Waals surface area (Å²) in [5.41, 5.74) is 4.69. The summed E-state index contributed by atoms with van der Waals surface area (Å²) >= 11 is 0. The third-order valence-electron chi connectivity index (χ3n) is 5.21. The van der Waals surface area contributed by atoms with Crippen LogP contribution in [0.15, 0.2) is 48.5 Å². The van der Waals surface area contributed by atoms with Crippen molar-refractivity contribution in [1.29, 1.82) is 0 Å². The van der Waals surface area contributed by atoms with E-state index in [4.69, 9.17) is 0 Å². The minimum Gasteiger partial charge on any atom is -0.357 e. The van der Waals surface area contributed by atoms with E-state index in [-0.39, 0.29) is 5.91 Å². The average molecular weight is 303 g/mol. The molecule has 1 amide bonds. The molecule has 2 N–H and O–H groups in total. The Hall–Kier alpha value is -2.75. The molecule has 23 heavy (non-hydrogen) atoms. The fraction of sp³-hybridized carbons (Fsp3) is 0.211. The van der Waals surface area contributed by atoms with Crippen molar-refractivity contribution in [3.63, 3.8) is 0 Å². The molecule has 0 radical (unpaired) electrons. The molecule has 4 nitrogen and oxygen atoms in total. The van der Waals surface area contributed by atoms with Crippen LogP contribution in [0.2, 0.25) is 0 Å². The lowest BCUT2D eigenvalue weighted by atomic mass is 9.89. The molecule has 0 spiro atoms. The average Bonchev–Trinajstić information content (AvgIpc) is 2.95. The number of nitrogens with one attached hydrogen (secondary N) is 2. The zero-order valence-corrected chi connectivity index (χ0v) is 12.9. The van der Waals surface area contributed by atoms with E-state index in [0.29, 0.717) is 0 Å². The quantitative estimate of drug-likeness (QED) is 0.668. The summed E-state index contributed by atoms with van der Waals surface area (Å²) in [5, 5.41) is 4.86. The number of benzene rings is 2. The van der Waals surface area contributed by atoms with Crippen LogP contribution in [0, 0.1) is 0 Å². The van der Waals surface area contributed by atoms with Crippen LogP contribution in [0.1, 0.15) is 28.5 Å². The summed E-state index contributed by atoms with van der Waals surface area (Å²) in [7, 11) is 0. The second kappa shape index (κ2) is 4.16. The molecule has 1 unspecified atom stereocenters. The van der Waals surface area contributed by atoms with Gasteiger partial charge in [-0.2, -0.15) is 0 Å². The van der Waals surface area contributed by atoms with Gasteiger partial charge < -0.3 is 15.2 Å². The van der Waals surface area contributed by atoms with Crippen molar-refractivity contribution < 1.29 is 4.79 Å². The van der Waals surface area contributed by atoms with Gasteiger partial charge in [0.25, 0.3) is 5.91 Å². The predicted octanol–water partition coefficient (Wildman–Crippen LogP) is 3.46. The van der Waals surface area contributed by atoms with Crippen molar-refractivity contribution in [2.24, 2.45) is 0 Å². The molecule has 4 heteroatoms. The van der Waals surface area contributed by atoms with Gasteiger partial charge in [-0.3, -0.25) is 4.79 Å². The van der Waals surface area contributed by atoms with Gasteiger partial charge in [-0.15, -0.1) is 0 Å². The highest BCUT2D eigenvalue weighted by Gasteiger charge is 2.47. The van der Waals surface area contributed by atoms with E-state index in [0.717, 1.165) is 35.4 Å². The first-order valence-electron chi connectivity index (χ1n) is 7.98. The lowest BCUT2D eigenvalue weighted by molar-refractivity contribution is 0.0501. The minimum atomic E-state index is -0.530. The lowest BCUT2D eigenvalue weighted by Gasteiger charge is -2.48. The van der Waals surface area contributed by atoms with Crippen molar-refractivity contribution in [2.45, 2.75) is 19.0 Å². The first-order valence-corrected chi connectivity index (χ1v) is 7.98. The largest absolute Gasteiger partial charge is 0.357 e. The predicted molar refractivity (Wildman–Crippen MR) is 90.5 cm³/mol. The second-order valence-corrected chi connectivity index (χ2v) is 6.47. The van der Waals surface area contributed by atoms with Gasteiger partial charge in [0.15, 0.2) is 5.66 Å². The van der Waals surface area contributed by atoms with Crippen molar-refractivity contribution in [1.82, 2.24) is 9.88 Å². The Bertz CT molecular complexity index is 958. The summed E-state index contributed by atoms with van der Waals surface area (Å²) in [6, 6.07) is 16.1. The SMILES string of the molecule is CC12Nc3ccccc3C(=O)N1CCc1c2[nH]c2ccccc12. The van der Waals surface area contributed by atoms with E-state index in [9.17, 15) is 4.79 Å². The van der Waals surface area contributed by atoms with E-state index < -0.39 is 5.66 Å². The summed E-state index contributed by atoms with van der Waals surface area (Å²) < 4.78 is 0. The fourth-order valence-electron chi connectivity index (χ4n) is 4.08. The van der Waals surface area contributed by atoms with Gasteiger partial charge in [0.05, 0.1) is 11.3 Å². The van der Waals surface area contributed by atoms with Crippen LogP contribution in [0.3, 0.4) is 0 Å². The number of H-pyrrole nitrogens is 1. The van der Waals surface area contributed by atoms with E-state index in [1.165, 1.54) is 10.9 Å². The molecule has 2 aliphatic heterocycles. The van der Waals surface area contributed by atoms with Crippen LogP contribution in [0.5, 0.6) is 0 Å². The molecule has 5 rings (SSSR count). The van der Waals surface area contributed by atoms with Crippen LogP contribution in [0.25, 0.3) is 10.9 Å². The molecular weight excluding hydrogens is 286 g/mol. The molecule has 2 aromatic carbocycles. The fourth-order valence-corrected chi connectivity index (χ4v) is 4.08. The van der Waals surface area contributed by atoms with Gasteiger partial charge in [-0.1, -0.05) is 30.3 Å². The number of hydrogen-bond acceptors (Lipinski definition) is 2. The Kier molecular flexibility index (Phi) is 2.31. The number of hydrogen-bond donors (Lipinski definition) is 2. The Morgan fingerprint density at radius 3 is 2.78 bits per heavy atom. The topological polar surface area (TPSA) is 48.1 Å². The first kappa shape index (κ1) is 12.8. The maximum atomic E-state index is 13.0. The van der Waals surface area contributed by atoms with Crippen LogP contribution >= 0.6 is 0 Å². The van der Waals surface area contributed by atoms with Crippen molar-refractivity contribution in [3.05, 3.63) is 65.4 Å². The van der Waals surface area contributed by atoms with E-state index in [1.54, 1.807) is 0 Å². The van der Waals surface area contributed by atoms with Crippen molar-refractivity contribution in [2.75, 3.05) is 11.9 Å². The van der Waals surface area contributed by atoms with E-state index in [1.807, 2.05) is 35.2 Å². The third-order valence-corrected chi connectivity index (χ3v) is 5.21. The van der Waals surface area contributed by atoms with Crippen LogP contribution < -0.4 is 5.32 Å². The minimum absolute atomic E-state index is 0.103. The maximum Gasteiger partial charge on any atom is 0.258 e. The Morgan fingerprint density at radius 1 is 1.09 bits per heavy atom.